The minimum absolute atomic E-state index is 0.0356. The number of esters is 1. The molecule has 2 heterocycles. The fraction of sp³-hybridized carbons (Fsp3) is 0.632. The van der Waals surface area contributed by atoms with E-state index >= 15 is 0 Å². The van der Waals surface area contributed by atoms with Gasteiger partial charge in [0.15, 0.2) is 0 Å². The van der Waals surface area contributed by atoms with Crippen molar-refractivity contribution in [2.45, 2.75) is 31.4 Å². The molecule has 0 N–H and O–H groups in total. The minimum atomic E-state index is -0.0982. The van der Waals surface area contributed by atoms with Crippen LogP contribution in [0, 0.1) is 5.92 Å². The molecule has 3 atom stereocenters. The lowest BCUT2D eigenvalue weighted by Gasteiger charge is -2.42. The Kier molecular flexibility index (Phi) is 6.24. The first kappa shape index (κ1) is 17.4. The van der Waals surface area contributed by atoms with Crippen molar-refractivity contribution in [1.82, 2.24) is 4.90 Å². The normalized spacial score (nSPS) is 26.7. The highest BCUT2D eigenvalue weighted by atomic mass is 16.6. The van der Waals surface area contributed by atoms with Crippen molar-refractivity contribution in [3.63, 3.8) is 0 Å². The van der Waals surface area contributed by atoms with Crippen LogP contribution in [0.2, 0.25) is 0 Å². The van der Waals surface area contributed by atoms with Gasteiger partial charge in [-0.3, -0.25) is 9.69 Å². The predicted molar refractivity (Wildman–Crippen MR) is 90.8 cm³/mol. The second-order valence-electron chi connectivity index (χ2n) is 6.60. The molecule has 3 rings (SSSR count). The topological polar surface area (TPSA) is 48.0 Å². The number of benzene rings is 1. The van der Waals surface area contributed by atoms with Crippen molar-refractivity contribution < 1.29 is 19.0 Å². The molecular weight excluding hydrogens is 306 g/mol. The fourth-order valence-electron chi connectivity index (χ4n) is 3.75. The monoisotopic (exact) mass is 333 g/mol. The molecule has 0 aromatic heterocycles. The molecule has 0 spiro atoms. The molecule has 0 radical (unpaired) electrons. The van der Waals surface area contributed by atoms with Gasteiger partial charge in [0.2, 0.25) is 0 Å². The summed E-state index contributed by atoms with van der Waals surface area (Å²) >= 11 is 0. The highest BCUT2D eigenvalue weighted by Crippen LogP contribution is 2.25. The number of likely N-dealkylation sites (tertiary alicyclic amines) is 1. The van der Waals surface area contributed by atoms with E-state index in [9.17, 15) is 4.79 Å². The molecule has 3 unspecified atom stereocenters. The maximum atomic E-state index is 12.0. The highest BCUT2D eigenvalue weighted by molar-refractivity contribution is 5.72. The van der Waals surface area contributed by atoms with Crippen LogP contribution >= 0.6 is 0 Å². The number of carbonyl (C=O) groups is 1. The van der Waals surface area contributed by atoms with E-state index in [0.717, 1.165) is 32.4 Å². The van der Waals surface area contributed by atoms with Gasteiger partial charge in [0, 0.05) is 12.6 Å². The zero-order valence-electron chi connectivity index (χ0n) is 14.4. The van der Waals surface area contributed by atoms with E-state index in [-0.39, 0.29) is 24.0 Å². The van der Waals surface area contributed by atoms with Crippen LogP contribution in [0.3, 0.4) is 0 Å². The number of carbonyl (C=O) groups excluding carboxylic acids is 1. The van der Waals surface area contributed by atoms with Crippen LogP contribution in [0.15, 0.2) is 30.3 Å². The molecule has 2 fully saturated rings. The van der Waals surface area contributed by atoms with E-state index in [2.05, 4.69) is 29.2 Å². The predicted octanol–water partition coefficient (Wildman–Crippen LogP) is 1.90. The SMILES string of the molecule is COC(=O)C1CCCN(C(Cc2ccccc2)C2COCCO2)C1. The maximum Gasteiger partial charge on any atom is 0.309 e. The average Bonchev–Trinajstić information content (AvgIpc) is 2.67. The third kappa shape index (κ3) is 4.35. The third-order valence-electron chi connectivity index (χ3n) is 5.01. The molecule has 2 aliphatic rings. The van der Waals surface area contributed by atoms with Gasteiger partial charge in [-0.1, -0.05) is 30.3 Å². The van der Waals surface area contributed by atoms with E-state index in [4.69, 9.17) is 14.2 Å². The second-order valence-corrected chi connectivity index (χ2v) is 6.60. The van der Waals surface area contributed by atoms with Crippen LogP contribution in [0.25, 0.3) is 0 Å². The molecule has 1 aromatic carbocycles. The van der Waals surface area contributed by atoms with Crippen LogP contribution < -0.4 is 0 Å². The fourth-order valence-corrected chi connectivity index (χ4v) is 3.75. The zero-order chi connectivity index (χ0) is 16.8. The van der Waals surface area contributed by atoms with Crippen molar-refractivity contribution in [2.75, 3.05) is 40.0 Å². The Hall–Kier alpha value is -1.43. The Morgan fingerprint density at radius 1 is 1.33 bits per heavy atom. The Balaban J connectivity index is 1.74. The van der Waals surface area contributed by atoms with E-state index in [1.54, 1.807) is 0 Å². The highest BCUT2D eigenvalue weighted by Gasteiger charge is 2.35. The summed E-state index contributed by atoms with van der Waals surface area (Å²) in [4.78, 5) is 14.4. The number of rotatable bonds is 5. The van der Waals surface area contributed by atoms with Crippen molar-refractivity contribution in [2.24, 2.45) is 5.92 Å². The third-order valence-corrected chi connectivity index (χ3v) is 5.01. The van der Waals surface area contributed by atoms with Gasteiger partial charge in [0.05, 0.1) is 39.0 Å². The number of nitrogens with zero attached hydrogens (tertiary/aromatic N) is 1. The van der Waals surface area contributed by atoms with Crippen LogP contribution in [0.1, 0.15) is 18.4 Å². The van der Waals surface area contributed by atoms with Crippen LogP contribution in [0.4, 0.5) is 0 Å². The van der Waals surface area contributed by atoms with E-state index in [1.807, 2.05) is 6.07 Å². The number of piperidine rings is 1. The van der Waals surface area contributed by atoms with E-state index < -0.39 is 0 Å². The molecule has 1 aromatic rings. The zero-order valence-corrected chi connectivity index (χ0v) is 14.4. The maximum absolute atomic E-state index is 12.0. The molecule has 2 aliphatic heterocycles. The van der Waals surface area contributed by atoms with Gasteiger partial charge >= 0.3 is 5.97 Å². The van der Waals surface area contributed by atoms with Gasteiger partial charge in [-0.15, -0.1) is 0 Å². The van der Waals surface area contributed by atoms with Crippen LogP contribution in [-0.4, -0.2) is 63.0 Å². The lowest BCUT2D eigenvalue weighted by Crippen LogP contribution is -2.54. The summed E-state index contributed by atoms with van der Waals surface area (Å²) in [7, 11) is 1.47. The first-order valence-electron chi connectivity index (χ1n) is 8.83. The summed E-state index contributed by atoms with van der Waals surface area (Å²) < 4.78 is 16.6. The van der Waals surface area contributed by atoms with Gasteiger partial charge in [0.1, 0.15) is 0 Å². The summed E-state index contributed by atoms with van der Waals surface area (Å²) in [6, 6.07) is 10.7. The summed E-state index contributed by atoms with van der Waals surface area (Å²) in [6.07, 6.45) is 2.88. The number of hydrogen-bond donors (Lipinski definition) is 0. The van der Waals surface area contributed by atoms with Crippen molar-refractivity contribution in [3.8, 4) is 0 Å². The van der Waals surface area contributed by atoms with Crippen LogP contribution in [-0.2, 0) is 25.4 Å². The average molecular weight is 333 g/mol. The first-order valence-corrected chi connectivity index (χ1v) is 8.83. The van der Waals surface area contributed by atoms with Crippen molar-refractivity contribution in [1.29, 1.82) is 0 Å². The minimum Gasteiger partial charge on any atom is -0.469 e. The van der Waals surface area contributed by atoms with Crippen molar-refractivity contribution >= 4 is 5.97 Å². The summed E-state index contributed by atoms with van der Waals surface area (Å²) in [6.45, 7) is 3.66. The number of hydrogen-bond acceptors (Lipinski definition) is 5. The van der Waals surface area contributed by atoms with Crippen LogP contribution in [0.5, 0.6) is 0 Å². The summed E-state index contributed by atoms with van der Waals surface area (Å²) in [5.74, 6) is -0.134. The summed E-state index contributed by atoms with van der Waals surface area (Å²) in [5, 5.41) is 0. The molecule has 5 nitrogen and oxygen atoms in total. The Labute approximate surface area is 143 Å². The molecular formula is C19H27NO4. The largest absolute Gasteiger partial charge is 0.469 e. The molecule has 0 amide bonds. The van der Waals surface area contributed by atoms with E-state index in [1.165, 1.54) is 12.7 Å². The van der Waals surface area contributed by atoms with Gasteiger partial charge in [0.25, 0.3) is 0 Å². The number of ether oxygens (including phenoxy) is 3. The Morgan fingerprint density at radius 3 is 2.88 bits per heavy atom. The number of methoxy groups -OCH3 is 1. The van der Waals surface area contributed by atoms with Crippen molar-refractivity contribution in [3.05, 3.63) is 35.9 Å². The molecule has 24 heavy (non-hydrogen) atoms. The van der Waals surface area contributed by atoms with E-state index in [0.29, 0.717) is 19.8 Å². The van der Waals surface area contributed by atoms with Gasteiger partial charge < -0.3 is 14.2 Å². The smallest absolute Gasteiger partial charge is 0.309 e. The second kappa shape index (κ2) is 8.60. The molecule has 0 aliphatic carbocycles. The molecule has 2 saturated heterocycles. The Morgan fingerprint density at radius 2 is 2.17 bits per heavy atom. The molecule has 5 heteroatoms. The summed E-state index contributed by atoms with van der Waals surface area (Å²) in [5.41, 5.74) is 1.29. The molecule has 0 bridgehead atoms. The molecule has 132 valence electrons. The standard InChI is InChI=1S/C19H27NO4/c1-22-19(21)16-8-5-9-20(13-16)17(18-14-23-10-11-24-18)12-15-6-3-2-4-7-15/h2-4,6-7,16-18H,5,8-14H2,1H3. The molecule has 0 saturated carbocycles. The lowest BCUT2D eigenvalue weighted by atomic mass is 9.92. The Bertz CT molecular complexity index is 515. The first-order chi connectivity index (χ1) is 11.8. The quantitative estimate of drug-likeness (QED) is 0.770. The van der Waals surface area contributed by atoms with Gasteiger partial charge in [-0.2, -0.15) is 0 Å². The van der Waals surface area contributed by atoms with Gasteiger partial charge in [-0.25, -0.2) is 0 Å². The van der Waals surface area contributed by atoms with Gasteiger partial charge in [-0.05, 0) is 31.4 Å². The lowest BCUT2D eigenvalue weighted by molar-refractivity contribution is -0.150.